The topological polar surface area (TPSA) is 42.1 Å². The largest absolute Gasteiger partial charge is 0.466 e. The van der Waals surface area contributed by atoms with E-state index in [1.807, 2.05) is 43.5 Å². The third kappa shape index (κ3) is 4.58. The van der Waals surface area contributed by atoms with Gasteiger partial charge in [0.1, 0.15) is 0 Å². The number of hydrogen-bond acceptors (Lipinski definition) is 2. The Labute approximate surface area is 181 Å². The number of benzene rings is 3. The number of halogens is 1. The lowest BCUT2D eigenvalue weighted by molar-refractivity contribution is -0.143. The number of carbonyl (C=O) groups is 1. The summed E-state index contributed by atoms with van der Waals surface area (Å²) in [6.07, 6.45) is 3.18. The predicted octanol–water partition coefficient (Wildman–Crippen LogP) is 6.50. The number of rotatable bonds is 7. The maximum absolute atomic E-state index is 12.3. The van der Waals surface area contributed by atoms with Crippen molar-refractivity contribution in [1.82, 2.24) is 4.98 Å². The van der Waals surface area contributed by atoms with Crippen molar-refractivity contribution < 1.29 is 9.53 Å². The van der Waals surface area contributed by atoms with E-state index in [-0.39, 0.29) is 18.3 Å². The molecule has 4 heteroatoms. The van der Waals surface area contributed by atoms with Crippen LogP contribution in [0.4, 0.5) is 0 Å². The lowest BCUT2D eigenvalue weighted by Crippen LogP contribution is -2.11. The first-order valence-electron chi connectivity index (χ1n) is 10.2. The number of esters is 1. The van der Waals surface area contributed by atoms with Gasteiger partial charge in [0, 0.05) is 28.0 Å². The van der Waals surface area contributed by atoms with E-state index in [2.05, 4.69) is 47.4 Å². The Bertz CT molecular complexity index is 1130. The van der Waals surface area contributed by atoms with Crippen LogP contribution in [0.2, 0.25) is 5.02 Å². The van der Waals surface area contributed by atoms with Crippen molar-refractivity contribution in [3.63, 3.8) is 0 Å². The average molecular weight is 418 g/mol. The second-order valence-corrected chi connectivity index (χ2v) is 7.84. The second-order valence-electron chi connectivity index (χ2n) is 7.40. The summed E-state index contributed by atoms with van der Waals surface area (Å²) in [5.41, 5.74) is 5.73. The number of fused-ring (bicyclic) bond motifs is 1. The fourth-order valence-corrected chi connectivity index (χ4v) is 4.04. The minimum Gasteiger partial charge on any atom is -0.466 e. The monoisotopic (exact) mass is 417 g/mol. The zero-order chi connectivity index (χ0) is 20.9. The van der Waals surface area contributed by atoms with E-state index in [9.17, 15) is 4.79 Å². The molecular weight excluding hydrogens is 394 g/mol. The Morgan fingerprint density at radius 3 is 2.50 bits per heavy atom. The van der Waals surface area contributed by atoms with Gasteiger partial charge in [-0.3, -0.25) is 4.79 Å². The summed E-state index contributed by atoms with van der Waals surface area (Å²) in [5, 5.41) is 1.80. The first-order valence-corrected chi connectivity index (χ1v) is 10.6. The maximum Gasteiger partial charge on any atom is 0.306 e. The highest BCUT2D eigenvalue weighted by molar-refractivity contribution is 6.30. The van der Waals surface area contributed by atoms with Crippen molar-refractivity contribution in [3.8, 4) is 0 Å². The highest BCUT2D eigenvalue weighted by Crippen LogP contribution is 2.34. The van der Waals surface area contributed by atoms with E-state index in [0.29, 0.717) is 11.6 Å². The number of nitrogens with one attached hydrogen (secondary N) is 1. The van der Waals surface area contributed by atoms with Gasteiger partial charge in [-0.05, 0) is 53.8 Å². The Hall–Kier alpha value is -3.04. The molecule has 4 aromatic rings. The molecule has 3 nitrogen and oxygen atoms in total. The second kappa shape index (κ2) is 9.19. The molecule has 0 bridgehead atoms. The molecule has 1 unspecified atom stereocenters. The molecule has 0 aliphatic carbocycles. The highest BCUT2D eigenvalue weighted by Gasteiger charge is 2.22. The number of aromatic nitrogens is 1. The van der Waals surface area contributed by atoms with Gasteiger partial charge in [-0.15, -0.1) is 0 Å². The Morgan fingerprint density at radius 2 is 1.77 bits per heavy atom. The summed E-state index contributed by atoms with van der Waals surface area (Å²) < 4.78 is 5.24. The first-order chi connectivity index (χ1) is 14.6. The summed E-state index contributed by atoms with van der Waals surface area (Å²) in [4.78, 5) is 15.7. The number of ether oxygens (including phenoxy) is 1. The zero-order valence-corrected chi connectivity index (χ0v) is 17.7. The molecule has 1 atom stereocenters. The third-order valence-electron chi connectivity index (χ3n) is 5.35. The average Bonchev–Trinajstić information content (AvgIpc) is 3.17. The van der Waals surface area contributed by atoms with E-state index in [1.54, 1.807) is 0 Å². The van der Waals surface area contributed by atoms with Crippen molar-refractivity contribution in [3.05, 3.63) is 106 Å². The number of aromatic amines is 1. The summed E-state index contributed by atoms with van der Waals surface area (Å²) in [5.74, 6) is -0.303. The standard InChI is InChI=1S/C26H24ClNO2/c1-2-30-26(29)16-23(20-9-11-21(27)12-10-20)24-17-28-25-15-19(8-13-22(24)25)14-18-6-4-3-5-7-18/h3-13,15,17,23,28H,2,14,16H2,1H3. The van der Waals surface area contributed by atoms with Crippen LogP contribution < -0.4 is 0 Å². The fourth-order valence-electron chi connectivity index (χ4n) is 3.91. The smallest absolute Gasteiger partial charge is 0.306 e. The molecule has 30 heavy (non-hydrogen) atoms. The SMILES string of the molecule is CCOC(=O)CC(c1ccc(Cl)cc1)c1c[nH]c2cc(Cc3ccccc3)ccc12. The normalized spacial score (nSPS) is 12.1. The van der Waals surface area contributed by atoms with E-state index in [0.717, 1.165) is 28.5 Å². The van der Waals surface area contributed by atoms with Crippen LogP contribution in [0.5, 0.6) is 0 Å². The van der Waals surface area contributed by atoms with Crippen LogP contribution in [0, 0.1) is 0 Å². The van der Waals surface area contributed by atoms with Gasteiger partial charge in [-0.2, -0.15) is 0 Å². The third-order valence-corrected chi connectivity index (χ3v) is 5.61. The molecule has 0 radical (unpaired) electrons. The Balaban J connectivity index is 1.68. The Morgan fingerprint density at radius 1 is 1.00 bits per heavy atom. The number of H-pyrrole nitrogens is 1. The van der Waals surface area contributed by atoms with E-state index in [4.69, 9.17) is 16.3 Å². The van der Waals surface area contributed by atoms with Crippen LogP contribution in [-0.2, 0) is 16.0 Å². The van der Waals surface area contributed by atoms with Gasteiger partial charge in [0.05, 0.1) is 13.0 Å². The minimum atomic E-state index is -0.201. The van der Waals surface area contributed by atoms with Crippen LogP contribution in [0.15, 0.2) is 79.0 Å². The molecule has 1 aromatic heterocycles. The summed E-state index contributed by atoms with van der Waals surface area (Å²) in [6, 6.07) is 24.6. The lowest BCUT2D eigenvalue weighted by Gasteiger charge is -2.17. The molecule has 0 fully saturated rings. The molecule has 4 rings (SSSR count). The van der Waals surface area contributed by atoms with Gasteiger partial charge in [0.15, 0.2) is 0 Å². The summed E-state index contributed by atoms with van der Waals surface area (Å²) in [7, 11) is 0. The van der Waals surface area contributed by atoms with Crippen molar-refractivity contribution in [2.45, 2.75) is 25.7 Å². The fraction of sp³-hybridized carbons (Fsp3) is 0.192. The minimum absolute atomic E-state index is 0.102. The van der Waals surface area contributed by atoms with Crippen molar-refractivity contribution in [2.24, 2.45) is 0 Å². The van der Waals surface area contributed by atoms with Crippen molar-refractivity contribution in [2.75, 3.05) is 6.61 Å². The van der Waals surface area contributed by atoms with Gasteiger partial charge in [0.25, 0.3) is 0 Å². The molecule has 1 heterocycles. The summed E-state index contributed by atoms with van der Waals surface area (Å²) in [6.45, 7) is 2.21. The molecule has 0 aliphatic heterocycles. The quantitative estimate of drug-likeness (QED) is 0.349. The molecular formula is C26H24ClNO2. The predicted molar refractivity (Wildman–Crippen MR) is 122 cm³/mol. The molecule has 1 N–H and O–H groups in total. The van der Waals surface area contributed by atoms with E-state index < -0.39 is 0 Å². The molecule has 0 aliphatic rings. The molecule has 0 saturated heterocycles. The maximum atomic E-state index is 12.3. The van der Waals surface area contributed by atoms with Crippen LogP contribution in [0.25, 0.3) is 10.9 Å². The van der Waals surface area contributed by atoms with Crippen LogP contribution in [0.1, 0.15) is 41.5 Å². The van der Waals surface area contributed by atoms with E-state index >= 15 is 0 Å². The summed E-state index contributed by atoms with van der Waals surface area (Å²) >= 11 is 6.08. The molecule has 152 valence electrons. The molecule has 0 spiro atoms. The number of carbonyl (C=O) groups excluding carboxylic acids is 1. The van der Waals surface area contributed by atoms with Gasteiger partial charge in [-0.1, -0.05) is 66.2 Å². The van der Waals surface area contributed by atoms with Crippen LogP contribution in [-0.4, -0.2) is 17.6 Å². The van der Waals surface area contributed by atoms with E-state index in [1.165, 1.54) is 11.1 Å². The van der Waals surface area contributed by atoms with Crippen LogP contribution >= 0.6 is 11.6 Å². The van der Waals surface area contributed by atoms with Gasteiger partial charge >= 0.3 is 5.97 Å². The highest BCUT2D eigenvalue weighted by atomic mass is 35.5. The zero-order valence-electron chi connectivity index (χ0n) is 16.9. The van der Waals surface area contributed by atoms with Crippen molar-refractivity contribution in [1.29, 1.82) is 0 Å². The van der Waals surface area contributed by atoms with Gasteiger partial charge in [-0.25, -0.2) is 0 Å². The number of hydrogen-bond donors (Lipinski definition) is 1. The molecule has 3 aromatic carbocycles. The molecule has 0 saturated carbocycles. The Kier molecular flexibility index (Phi) is 6.20. The van der Waals surface area contributed by atoms with Gasteiger partial charge in [0.2, 0.25) is 0 Å². The van der Waals surface area contributed by atoms with Crippen LogP contribution in [0.3, 0.4) is 0 Å². The lowest BCUT2D eigenvalue weighted by atomic mass is 9.88. The van der Waals surface area contributed by atoms with Gasteiger partial charge < -0.3 is 9.72 Å². The molecule has 0 amide bonds. The first kappa shape index (κ1) is 20.2. The van der Waals surface area contributed by atoms with Crippen molar-refractivity contribution >= 4 is 28.5 Å².